The van der Waals surface area contributed by atoms with E-state index in [2.05, 4.69) is 12.2 Å². The minimum absolute atomic E-state index is 0.0639. The van der Waals surface area contributed by atoms with Crippen molar-refractivity contribution in [1.29, 1.82) is 0 Å². The first-order valence-electron chi connectivity index (χ1n) is 7.77. The molecular formula is C19H25NO3. The van der Waals surface area contributed by atoms with E-state index in [0.717, 1.165) is 22.6 Å². The van der Waals surface area contributed by atoms with Gasteiger partial charge in [0.25, 0.3) is 0 Å². The fourth-order valence-electron chi connectivity index (χ4n) is 2.69. The molecule has 2 rings (SSSR count). The normalized spacial score (nSPS) is 14.8. The molecule has 2 aromatic rings. The van der Waals surface area contributed by atoms with Crippen molar-refractivity contribution >= 4 is 0 Å². The molecule has 4 nitrogen and oxygen atoms in total. The summed E-state index contributed by atoms with van der Waals surface area (Å²) in [7, 11) is 3.30. The quantitative estimate of drug-likeness (QED) is 0.821. The van der Waals surface area contributed by atoms with Crippen LogP contribution in [0.1, 0.15) is 37.1 Å². The van der Waals surface area contributed by atoms with Crippen molar-refractivity contribution in [2.24, 2.45) is 0 Å². The van der Waals surface area contributed by atoms with Crippen LogP contribution in [0.4, 0.5) is 0 Å². The van der Waals surface area contributed by atoms with Crippen LogP contribution in [0, 0.1) is 0 Å². The summed E-state index contributed by atoms with van der Waals surface area (Å²) in [6.07, 6.45) is -0.599. The average molecular weight is 315 g/mol. The van der Waals surface area contributed by atoms with E-state index in [1.54, 1.807) is 14.2 Å². The molecule has 0 fully saturated rings. The van der Waals surface area contributed by atoms with Crippen molar-refractivity contribution in [2.45, 2.75) is 32.0 Å². The smallest absolute Gasteiger partial charge is 0.123 e. The highest BCUT2D eigenvalue weighted by molar-refractivity contribution is 5.35. The Bertz CT molecular complexity index is 612. The highest BCUT2D eigenvalue weighted by Crippen LogP contribution is 2.27. The predicted molar refractivity (Wildman–Crippen MR) is 92.0 cm³/mol. The molecule has 4 heteroatoms. The van der Waals surface area contributed by atoms with Gasteiger partial charge in [0.15, 0.2) is 0 Å². The fraction of sp³-hybridized carbons (Fsp3) is 0.368. The van der Waals surface area contributed by atoms with Crippen LogP contribution < -0.4 is 14.8 Å². The van der Waals surface area contributed by atoms with E-state index < -0.39 is 6.10 Å². The van der Waals surface area contributed by atoms with Crippen molar-refractivity contribution in [3.63, 3.8) is 0 Å². The maximum atomic E-state index is 10.5. The molecule has 0 aliphatic heterocycles. The molecular weight excluding hydrogens is 290 g/mol. The molecule has 0 saturated heterocycles. The highest BCUT2D eigenvalue weighted by Gasteiger charge is 2.20. The van der Waals surface area contributed by atoms with Gasteiger partial charge in [-0.3, -0.25) is 0 Å². The van der Waals surface area contributed by atoms with Gasteiger partial charge in [-0.15, -0.1) is 0 Å². The van der Waals surface area contributed by atoms with Gasteiger partial charge in [0.05, 0.1) is 20.3 Å². The number of rotatable bonds is 7. The molecule has 2 N–H and O–H groups in total. The zero-order valence-corrected chi connectivity index (χ0v) is 14.1. The molecule has 3 unspecified atom stereocenters. The number of hydrogen-bond donors (Lipinski definition) is 2. The Morgan fingerprint density at radius 1 is 0.913 bits per heavy atom. The first-order valence-corrected chi connectivity index (χ1v) is 7.77. The van der Waals surface area contributed by atoms with Crippen LogP contribution in [0.3, 0.4) is 0 Å². The van der Waals surface area contributed by atoms with Crippen LogP contribution in [0.15, 0.2) is 48.5 Å². The van der Waals surface area contributed by atoms with E-state index in [1.165, 1.54) is 0 Å². The number of hydrogen-bond acceptors (Lipinski definition) is 4. The lowest BCUT2D eigenvalue weighted by molar-refractivity contribution is 0.130. The van der Waals surface area contributed by atoms with E-state index in [1.807, 2.05) is 55.5 Å². The van der Waals surface area contributed by atoms with Crippen molar-refractivity contribution in [3.8, 4) is 11.5 Å². The van der Waals surface area contributed by atoms with E-state index in [0.29, 0.717) is 0 Å². The number of benzene rings is 2. The van der Waals surface area contributed by atoms with Crippen LogP contribution in [0.5, 0.6) is 11.5 Å². The Balaban J connectivity index is 2.06. The van der Waals surface area contributed by atoms with Gasteiger partial charge in [0.1, 0.15) is 11.5 Å². The minimum atomic E-state index is -0.599. The number of aliphatic hydroxyl groups is 1. The van der Waals surface area contributed by atoms with Gasteiger partial charge in [0.2, 0.25) is 0 Å². The van der Waals surface area contributed by atoms with Gasteiger partial charge in [-0.25, -0.2) is 0 Å². The Morgan fingerprint density at radius 2 is 1.57 bits per heavy atom. The van der Waals surface area contributed by atoms with Gasteiger partial charge < -0.3 is 19.9 Å². The standard InChI is InChI=1S/C19H25NO3/c1-13(17-7-5-6-8-18(17)23-4)20-14(2)19(21)15-9-11-16(22-3)12-10-15/h5-14,19-21H,1-4H3. The molecule has 0 aliphatic carbocycles. The van der Waals surface area contributed by atoms with Crippen molar-refractivity contribution < 1.29 is 14.6 Å². The average Bonchev–Trinajstić information content (AvgIpc) is 2.60. The second-order valence-corrected chi connectivity index (χ2v) is 5.64. The number of nitrogens with one attached hydrogen (secondary N) is 1. The molecule has 0 radical (unpaired) electrons. The molecule has 0 bridgehead atoms. The monoisotopic (exact) mass is 315 g/mol. The fourth-order valence-corrected chi connectivity index (χ4v) is 2.69. The third-order valence-corrected chi connectivity index (χ3v) is 4.05. The van der Waals surface area contributed by atoms with Crippen molar-refractivity contribution in [2.75, 3.05) is 14.2 Å². The minimum Gasteiger partial charge on any atom is -0.497 e. The molecule has 3 atom stereocenters. The Labute approximate surface area is 138 Å². The summed E-state index contributed by atoms with van der Waals surface area (Å²) in [5.41, 5.74) is 1.93. The second-order valence-electron chi connectivity index (χ2n) is 5.64. The summed E-state index contributed by atoms with van der Waals surface area (Å²) in [5, 5.41) is 14.0. The Hall–Kier alpha value is -2.04. The summed E-state index contributed by atoms with van der Waals surface area (Å²) >= 11 is 0. The zero-order chi connectivity index (χ0) is 16.8. The molecule has 0 heterocycles. The van der Waals surface area contributed by atoms with Crippen molar-refractivity contribution in [1.82, 2.24) is 5.32 Å². The summed E-state index contributed by atoms with van der Waals surface area (Å²) in [5.74, 6) is 1.63. The van der Waals surface area contributed by atoms with Crippen LogP contribution in [0.25, 0.3) is 0 Å². The summed E-state index contributed by atoms with van der Waals surface area (Å²) < 4.78 is 10.5. The molecule has 0 aliphatic rings. The third kappa shape index (κ3) is 4.24. The largest absolute Gasteiger partial charge is 0.497 e. The zero-order valence-electron chi connectivity index (χ0n) is 14.1. The number of ether oxygens (including phenoxy) is 2. The van der Waals surface area contributed by atoms with Gasteiger partial charge in [0, 0.05) is 17.6 Å². The Morgan fingerprint density at radius 3 is 2.17 bits per heavy atom. The molecule has 0 saturated carbocycles. The van der Waals surface area contributed by atoms with Crippen LogP contribution in [-0.4, -0.2) is 25.4 Å². The van der Waals surface area contributed by atoms with Gasteiger partial charge in [-0.1, -0.05) is 30.3 Å². The molecule has 0 aromatic heterocycles. The maximum Gasteiger partial charge on any atom is 0.123 e. The molecule has 0 amide bonds. The third-order valence-electron chi connectivity index (χ3n) is 4.05. The first-order chi connectivity index (χ1) is 11.1. The SMILES string of the molecule is COc1ccc(C(O)C(C)NC(C)c2ccccc2OC)cc1. The lowest BCUT2D eigenvalue weighted by Crippen LogP contribution is -2.34. The lowest BCUT2D eigenvalue weighted by Gasteiger charge is -2.26. The summed E-state index contributed by atoms with van der Waals surface area (Å²) in [4.78, 5) is 0. The first kappa shape index (κ1) is 17.3. The maximum absolute atomic E-state index is 10.5. The van der Waals surface area contributed by atoms with Crippen LogP contribution in [-0.2, 0) is 0 Å². The second kappa shape index (κ2) is 7.99. The molecule has 23 heavy (non-hydrogen) atoms. The van der Waals surface area contributed by atoms with Crippen LogP contribution >= 0.6 is 0 Å². The van der Waals surface area contributed by atoms with E-state index in [4.69, 9.17) is 9.47 Å². The van der Waals surface area contributed by atoms with Crippen LogP contribution in [0.2, 0.25) is 0 Å². The highest BCUT2D eigenvalue weighted by atomic mass is 16.5. The molecule has 2 aromatic carbocycles. The molecule has 0 spiro atoms. The van der Waals surface area contributed by atoms with Gasteiger partial charge in [-0.05, 0) is 37.6 Å². The Kier molecular flexibility index (Phi) is 6.02. The van der Waals surface area contributed by atoms with E-state index in [9.17, 15) is 5.11 Å². The van der Waals surface area contributed by atoms with Gasteiger partial charge >= 0.3 is 0 Å². The number of aliphatic hydroxyl groups excluding tert-OH is 1. The van der Waals surface area contributed by atoms with Gasteiger partial charge in [-0.2, -0.15) is 0 Å². The topological polar surface area (TPSA) is 50.7 Å². The molecule has 124 valence electrons. The predicted octanol–water partition coefficient (Wildman–Crippen LogP) is 3.48. The number of methoxy groups -OCH3 is 2. The van der Waals surface area contributed by atoms with Crippen molar-refractivity contribution in [3.05, 3.63) is 59.7 Å². The van der Waals surface area contributed by atoms with E-state index >= 15 is 0 Å². The summed E-state index contributed by atoms with van der Waals surface area (Å²) in [6.45, 7) is 4.04. The van der Waals surface area contributed by atoms with E-state index in [-0.39, 0.29) is 12.1 Å². The lowest BCUT2D eigenvalue weighted by atomic mass is 10.0. The number of para-hydroxylation sites is 1. The summed E-state index contributed by atoms with van der Waals surface area (Å²) in [6, 6.07) is 15.3.